The molecule has 1 aromatic heterocycles. The lowest BCUT2D eigenvalue weighted by atomic mass is 9.75. The van der Waals surface area contributed by atoms with Crippen molar-refractivity contribution in [2.75, 3.05) is 5.32 Å². The lowest BCUT2D eigenvalue weighted by Gasteiger charge is -2.33. The van der Waals surface area contributed by atoms with E-state index in [-0.39, 0.29) is 17.9 Å². The van der Waals surface area contributed by atoms with Crippen LogP contribution in [-0.4, -0.2) is 17.1 Å². The smallest absolute Gasteiger partial charge is 0.319 e. The minimum Gasteiger partial charge on any atom is -0.335 e. The molecular formula is C25H27ClFN3O. The van der Waals surface area contributed by atoms with Crippen LogP contribution < -0.4 is 10.6 Å². The Morgan fingerprint density at radius 3 is 2.65 bits per heavy atom. The third kappa shape index (κ3) is 4.99. The predicted octanol–water partition coefficient (Wildman–Crippen LogP) is 6.82. The van der Waals surface area contributed by atoms with Gasteiger partial charge in [0.25, 0.3) is 0 Å². The number of benzene rings is 2. The number of nitrogens with one attached hydrogen (secondary N) is 2. The van der Waals surface area contributed by atoms with Crippen molar-refractivity contribution in [3.8, 4) is 0 Å². The Morgan fingerprint density at radius 1 is 1.13 bits per heavy atom. The van der Waals surface area contributed by atoms with Crippen LogP contribution in [0.25, 0.3) is 10.9 Å². The molecule has 1 atom stereocenters. The van der Waals surface area contributed by atoms with Gasteiger partial charge in [-0.25, -0.2) is 9.18 Å². The standard InChI is InChI=1S/C25H27ClFN3O/c1-15-3-9-20(14-23(15)26)30-25(31)29-16(2)17-4-6-18(7-5-17)21-11-12-28-24-10-8-19(27)13-22(21)24/h3,8-14,16-18H,4-7H2,1-2H3,(H2,29,30,31)/t16-,17?,18?/m1/s1. The highest BCUT2D eigenvalue weighted by atomic mass is 35.5. The van der Waals surface area contributed by atoms with Crippen molar-refractivity contribution in [3.63, 3.8) is 0 Å². The molecule has 2 amide bonds. The lowest BCUT2D eigenvalue weighted by molar-refractivity contribution is 0.231. The summed E-state index contributed by atoms with van der Waals surface area (Å²) in [4.78, 5) is 16.8. The molecule has 0 aliphatic heterocycles. The van der Waals surface area contributed by atoms with E-state index in [1.807, 2.05) is 31.3 Å². The summed E-state index contributed by atoms with van der Waals surface area (Å²) in [6.45, 7) is 3.99. The Balaban J connectivity index is 1.35. The Kier molecular flexibility index (Phi) is 6.42. The van der Waals surface area contributed by atoms with Gasteiger partial charge >= 0.3 is 6.03 Å². The van der Waals surface area contributed by atoms with E-state index < -0.39 is 0 Å². The lowest BCUT2D eigenvalue weighted by Crippen LogP contribution is -2.41. The molecule has 6 heteroatoms. The maximum absolute atomic E-state index is 13.8. The molecule has 2 N–H and O–H groups in total. The number of halogens is 2. The fraction of sp³-hybridized carbons (Fsp3) is 0.360. The maximum atomic E-state index is 13.8. The quantitative estimate of drug-likeness (QED) is 0.468. The maximum Gasteiger partial charge on any atom is 0.319 e. The highest BCUT2D eigenvalue weighted by molar-refractivity contribution is 6.31. The molecule has 4 nitrogen and oxygen atoms in total. The summed E-state index contributed by atoms with van der Waals surface area (Å²) >= 11 is 6.14. The zero-order valence-electron chi connectivity index (χ0n) is 17.8. The molecule has 3 aromatic rings. The van der Waals surface area contributed by atoms with Crippen molar-refractivity contribution < 1.29 is 9.18 Å². The van der Waals surface area contributed by atoms with E-state index >= 15 is 0 Å². The van der Waals surface area contributed by atoms with Crippen molar-refractivity contribution in [2.24, 2.45) is 5.92 Å². The van der Waals surface area contributed by atoms with Crippen molar-refractivity contribution in [1.29, 1.82) is 0 Å². The molecule has 0 radical (unpaired) electrons. The van der Waals surface area contributed by atoms with Gasteiger partial charge in [0.15, 0.2) is 0 Å². The van der Waals surface area contributed by atoms with Crippen LogP contribution in [0.15, 0.2) is 48.7 Å². The van der Waals surface area contributed by atoms with Gasteiger partial charge in [0.1, 0.15) is 5.82 Å². The van der Waals surface area contributed by atoms with E-state index in [0.717, 1.165) is 42.1 Å². The fourth-order valence-corrected chi connectivity index (χ4v) is 4.77. The zero-order chi connectivity index (χ0) is 22.0. The first-order valence-electron chi connectivity index (χ1n) is 10.8. The Morgan fingerprint density at radius 2 is 1.90 bits per heavy atom. The number of pyridine rings is 1. The molecule has 1 aliphatic carbocycles. The molecule has 0 unspecified atom stereocenters. The first kappa shape index (κ1) is 21.6. The molecular weight excluding hydrogens is 413 g/mol. The number of anilines is 1. The van der Waals surface area contributed by atoms with Gasteiger partial charge in [-0.1, -0.05) is 17.7 Å². The van der Waals surface area contributed by atoms with Crippen molar-refractivity contribution in [2.45, 2.75) is 51.5 Å². The van der Waals surface area contributed by atoms with Gasteiger partial charge in [0, 0.05) is 28.3 Å². The van der Waals surface area contributed by atoms with Crippen LogP contribution in [0.4, 0.5) is 14.9 Å². The highest BCUT2D eigenvalue weighted by Gasteiger charge is 2.28. The largest absolute Gasteiger partial charge is 0.335 e. The van der Waals surface area contributed by atoms with Crippen LogP contribution in [0, 0.1) is 18.7 Å². The van der Waals surface area contributed by atoms with Gasteiger partial charge in [0.05, 0.1) is 5.52 Å². The third-order valence-corrected chi connectivity index (χ3v) is 6.85. The minimum absolute atomic E-state index is 0.0634. The number of fused-ring (bicyclic) bond motifs is 1. The summed E-state index contributed by atoms with van der Waals surface area (Å²) in [5.74, 6) is 0.571. The number of hydrogen-bond donors (Lipinski definition) is 2. The number of aryl methyl sites for hydroxylation is 1. The molecule has 0 bridgehead atoms. The highest BCUT2D eigenvalue weighted by Crippen LogP contribution is 2.39. The number of hydrogen-bond acceptors (Lipinski definition) is 2. The second kappa shape index (κ2) is 9.23. The van der Waals surface area contributed by atoms with E-state index in [4.69, 9.17) is 11.6 Å². The number of aromatic nitrogens is 1. The Hall–Kier alpha value is -2.66. The normalized spacial score (nSPS) is 19.7. The molecule has 2 aromatic carbocycles. The van der Waals surface area contributed by atoms with Gasteiger partial charge < -0.3 is 10.6 Å². The van der Waals surface area contributed by atoms with Gasteiger partial charge in [0.2, 0.25) is 0 Å². The first-order valence-corrected chi connectivity index (χ1v) is 11.2. The van der Waals surface area contributed by atoms with Crippen LogP contribution in [0.1, 0.15) is 49.7 Å². The number of urea groups is 1. The fourth-order valence-electron chi connectivity index (χ4n) is 4.59. The summed E-state index contributed by atoms with van der Waals surface area (Å²) in [5, 5.41) is 7.48. The number of rotatable bonds is 4. The molecule has 1 fully saturated rings. The second-order valence-corrected chi connectivity index (χ2v) is 8.93. The predicted molar refractivity (Wildman–Crippen MR) is 124 cm³/mol. The van der Waals surface area contributed by atoms with E-state index in [1.165, 1.54) is 11.6 Å². The molecule has 1 heterocycles. The SMILES string of the molecule is Cc1ccc(NC(=O)N[C@H](C)C2CCC(c3ccnc4ccc(F)cc34)CC2)cc1Cl. The number of amides is 2. The van der Waals surface area contributed by atoms with E-state index in [0.29, 0.717) is 22.5 Å². The summed E-state index contributed by atoms with van der Waals surface area (Å²) in [7, 11) is 0. The molecule has 31 heavy (non-hydrogen) atoms. The first-order chi connectivity index (χ1) is 14.9. The Labute approximate surface area is 187 Å². The average Bonchev–Trinajstić information content (AvgIpc) is 2.76. The summed E-state index contributed by atoms with van der Waals surface area (Å²) in [6.07, 6.45) is 5.87. The number of nitrogens with zero attached hydrogens (tertiary/aromatic N) is 1. The van der Waals surface area contributed by atoms with E-state index in [1.54, 1.807) is 18.2 Å². The monoisotopic (exact) mass is 439 g/mol. The third-order valence-electron chi connectivity index (χ3n) is 6.44. The summed E-state index contributed by atoms with van der Waals surface area (Å²) < 4.78 is 13.8. The van der Waals surface area contributed by atoms with Crippen molar-refractivity contribution >= 4 is 34.2 Å². The summed E-state index contributed by atoms with van der Waals surface area (Å²) in [6, 6.07) is 12.2. The van der Waals surface area contributed by atoms with Crippen molar-refractivity contribution in [3.05, 3.63) is 70.6 Å². The minimum atomic E-state index is -0.228. The number of carbonyl (C=O) groups is 1. The van der Waals surface area contributed by atoms with Crippen LogP contribution in [0.2, 0.25) is 5.02 Å². The van der Waals surface area contributed by atoms with E-state index in [9.17, 15) is 9.18 Å². The topological polar surface area (TPSA) is 54.0 Å². The van der Waals surface area contributed by atoms with Crippen LogP contribution in [0.5, 0.6) is 0 Å². The molecule has 1 aliphatic rings. The van der Waals surface area contributed by atoms with Crippen LogP contribution in [-0.2, 0) is 0 Å². The van der Waals surface area contributed by atoms with Gasteiger partial charge in [-0.05, 0) is 98.9 Å². The number of carbonyl (C=O) groups excluding carboxylic acids is 1. The molecule has 0 saturated heterocycles. The van der Waals surface area contributed by atoms with Crippen molar-refractivity contribution in [1.82, 2.24) is 10.3 Å². The van der Waals surface area contributed by atoms with Gasteiger partial charge in [-0.15, -0.1) is 0 Å². The average molecular weight is 440 g/mol. The molecule has 0 spiro atoms. The summed E-state index contributed by atoms with van der Waals surface area (Å²) in [5.41, 5.74) is 3.67. The molecule has 162 valence electrons. The second-order valence-electron chi connectivity index (χ2n) is 8.52. The Bertz CT molecular complexity index is 1100. The van der Waals surface area contributed by atoms with Crippen LogP contribution >= 0.6 is 11.6 Å². The zero-order valence-corrected chi connectivity index (χ0v) is 18.5. The van der Waals surface area contributed by atoms with Gasteiger partial charge in [-0.2, -0.15) is 0 Å². The van der Waals surface area contributed by atoms with E-state index in [2.05, 4.69) is 22.5 Å². The van der Waals surface area contributed by atoms with Crippen LogP contribution in [0.3, 0.4) is 0 Å². The molecule has 1 saturated carbocycles. The molecule has 4 rings (SSSR count). The van der Waals surface area contributed by atoms with Gasteiger partial charge in [-0.3, -0.25) is 4.98 Å².